The first-order valence-corrected chi connectivity index (χ1v) is 5.84. The Morgan fingerprint density at radius 1 is 1.59 bits per heavy atom. The Labute approximate surface area is 109 Å². The van der Waals surface area contributed by atoms with Gasteiger partial charge < -0.3 is 20.7 Å². The smallest absolute Gasteiger partial charge is 0.237 e. The number of hydrogen-bond donors (Lipinski definition) is 2. The maximum absolute atomic E-state index is 11.6. The second kappa shape index (κ2) is 7.87. The first-order valence-electron chi connectivity index (χ1n) is 5.84. The van der Waals surface area contributed by atoms with Crippen molar-refractivity contribution < 1.29 is 9.53 Å². The zero-order chi connectivity index (χ0) is 12.1. The minimum absolute atomic E-state index is 0. The third kappa shape index (κ3) is 5.68. The van der Waals surface area contributed by atoms with Crippen molar-refractivity contribution in [3.05, 3.63) is 0 Å². The number of morpholine rings is 1. The van der Waals surface area contributed by atoms with E-state index in [-0.39, 0.29) is 30.3 Å². The summed E-state index contributed by atoms with van der Waals surface area (Å²) in [6, 6.07) is -0.429. The molecule has 0 aliphatic carbocycles. The Balaban J connectivity index is 0.00000256. The summed E-state index contributed by atoms with van der Waals surface area (Å²) in [4.78, 5) is 13.8. The molecule has 0 spiro atoms. The van der Waals surface area contributed by atoms with Crippen LogP contribution in [-0.4, -0.2) is 56.2 Å². The van der Waals surface area contributed by atoms with Gasteiger partial charge in [-0.3, -0.25) is 4.79 Å². The molecule has 1 aliphatic rings. The van der Waals surface area contributed by atoms with Gasteiger partial charge in [0, 0.05) is 19.6 Å². The molecule has 6 heteroatoms. The van der Waals surface area contributed by atoms with E-state index in [9.17, 15) is 4.79 Å². The highest BCUT2D eigenvalue weighted by molar-refractivity contribution is 5.85. The lowest BCUT2D eigenvalue weighted by Crippen LogP contribution is -2.50. The van der Waals surface area contributed by atoms with Crippen molar-refractivity contribution in [1.29, 1.82) is 0 Å². The van der Waals surface area contributed by atoms with Gasteiger partial charge in [-0.05, 0) is 13.0 Å². The molecule has 1 saturated heterocycles. The first-order chi connectivity index (χ1) is 7.50. The number of carbonyl (C=O) groups is 1. The number of carbonyl (C=O) groups excluding carboxylic acids is 1. The summed E-state index contributed by atoms with van der Waals surface area (Å²) in [5.74, 6) is 0.0711. The second-order valence-corrected chi connectivity index (χ2v) is 4.77. The van der Waals surface area contributed by atoms with Crippen LogP contribution in [0.3, 0.4) is 0 Å². The van der Waals surface area contributed by atoms with Gasteiger partial charge in [0.05, 0.1) is 18.8 Å². The van der Waals surface area contributed by atoms with Crippen LogP contribution in [0.25, 0.3) is 0 Å². The monoisotopic (exact) mass is 265 g/mol. The van der Waals surface area contributed by atoms with Gasteiger partial charge >= 0.3 is 0 Å². The summed E-state index contributed by atoms with van der Waals surface area (Å²) in [6.07, 6.45) is 0.0852. The van der Waals surface area contributed by atoms with E-state index in [0.717, 1.165) is 19.7 Å². The molecule has 0 aromatic rings. The molecule has 3 N–H and O–H groups in total. The van der Waals surface area contributed by atoms with E-state index >= 15 is 0 Å². The largest absolute Gasteiger partial charge is 0.374 e. The summed E-state index contributed by atoms with van der Waals surface area (Å²) in [6.45, 7) is 6.97. The molecule has 0 radical (unpaired) electrons. The van der Waals surface area contributed by atoms with Crippen molar-refractivity contribution in [2.24, 2.45) is 11.7 Å². The van der Waals surface area contributed by atoms with E-state index < -0.39 is 6.04 Å². The van der Waals surface area contributed by atoms with E-state index in [0.29, 0.717) is 6.54 Å². The minimum Gasteiger partial charge on any atom is -0.374 e. The fourth-order valence-corrected chi connectivity index (χ4v) is 1.63. The maximum Gasteiger partial charge on any atom is 0.237 e. The van der Waals surface area contributed by atoms with Gasteiger partial charge in [-0.2, -0.15) is 0 Å². The minimum atomic E-state index is -0.429. The molecule has 1 amide bonds. The Kier molecular flexibility index (Phi) is 7.70. The molecule has 1 aliphatic heterocycles. The number of nitrogens with two attached hydrogens (primary N) is 1. The van der Waals surface area contributed by atoms with Crippen LogP contribution in [0.15, 0.2) is 0 Å². The van der Waals surface area contributed by atoms with Crippen LogP contribution < -0.4 is 11.1 Å². The van der Waals surface area contributed by atoms with Crippen molar-refractivity contribution in [2.45, 2.75) is 26.0 Å². The molecule has 0 aromatic carbocycles. The highest BCUT2D eigenvalue weighted by Crippen LogP contribution is 2.02. The summed E-state index contributed by atoms with van der Waals surface area (Å²) in [5.41, 5.74) is 5.74. The molecule has 1 unspecified atom stereocenters. The number of nitrogens with one attached hydrogen (secondary N) is 1. The van der Waals surface area contributed by atoms with Gasteiger partial charge in [0.25, 0.3) is 0 Å². The highest BCUT2D eigenvalue weighted by Gasteiger charge is 2.21. The molecule has 5 nitrogen and oxygen atoms in total. The fourth-order valence-electron chi connectivity index (χ4n) is 1.63. The number of ether oxygens (including phenoxy) is 1. The van der Waals surface area contributed by atoms with Crippen molar-refractivity contribution in [3.8, 4) is 0 Å². The topological polar surface area (TPSA) is 67.6 Å². The highest BCUT2D eigenvalue weighted by atomic mass is 35.5. The number of likely N-dealkylation sites (N-methyl/N-ethyl adjacent to an activating group) is 1. The SMILES string of the molecule is CC(C)[C@H](N)C(=O)NCC1CN(C)CCO1.Cl. The molecule has 17 heavy (non-hydrogen) atoms. The van der Waals surface area contributed by atoms with Crippen LogP contribution >= 0.6 is 12.4 Å². The fraction of sp³-hybridized carbons (Fsp3) is 0.909. The van der Waals surface area contributed by atoms with Crippen molar-refractivity contribution >= 4 is 18.3 Å². The number of nitrogens with zero attached hydrogens (tertiary/aromatic N) is 1. The molecule has 102 valence electrons. The predicted octanol–water partition coefficient (Wildman–Crippen LogP) is -0.162. The van der Waals surface area contributed by atoms with Gasteiger partial charge in [0.2, 0.25) is 5.91 Å². The third-order valence-corrected chi connectivity index (χ3v) is 2.87. The summed E-state index contributed by atoms with van der Waals surface area (Å²) < 4.78 is 5.54. The van der Waals surface area contributed by atoms with Crippen LogP contribution in [0, 0.1) is 5.92 Å². The predicted molar refractivity (Wildman–Crippen MR) is 70.3 cm³/mol. The average molecular weight is 266 g/mol. The molecule has 1 rings (SSSR count). The van der Waals surface area contributed by atoms with Gasteiger partial charge in [0.15, 0.2) is 0 Å². The number of hydrogen-bond acceptors (Lipinski definition) is 4. The van der Waals surface area contributed by atoms with Crippen molar-refractivity contribution in [3.63, 3.8) is 0 Å². The van der Waals surface area contributed by atoms with Crippen LogP contribution in [0.2, 0.25) is 0 Å². The Morgan fingerprint density at radius 3 is 2.76 bits per heavy atom. The number of amides is 1. The molecule has 0 aromatic heterocycles. The Bertz CT molecular complexity index is 239. The van der Waals surface area contributed by atoms with E-state index in [4.69, 9.17) is 10.5 Å². The van der Waals surface area contributed by atoms with Gasteiger partial charge in [0.1, 0.15) is 0 Å². The molecule has 0 saturated carbocycles. The van der Waals surface area contributed by atoms with Gasteiger partial charge in [-0.1, -0.05) is 13.8 Å². The zero-order valence-electron chi connectivity index (χ0n) is 10.8. The Morgan fingerprint density at radius 2 is 2.24 bits per heavy atom. The summed E-state index contributed by atoms with van der Waals surface area (Å²) in [5, 5.41) is 2.84. The standard InChI is InChI=1S/C11H23N3O2.ClH/c1-8(2)10(12)11(15)13-6-9-7-14(3)4-5-16-9;/h8-10H,4-7,12H2,1-3H3,(H,13,15);1H/t9?,10-;/m0./s1. The van der Waals surface area contributed by atoms with Crippen LogP contribution in [0.5, 0.6) is 0 Å². The quantitative estimate of drug-likeness (QED) is 0.741. The Hall–Kier alpha value is -0.360. The second-order valence-electron chi connectivity index (χ2n) is 4.77. The van der Waals surface area contributed by atoms with E-state index in [1.807, 2.05) is 13.8 Å². The molecule has 2 atom stereocenters. The molecule has 0 bridgehead atoms. The van der Waals surface area contributed by atoms with Crippen molar-refractivity contribution in [1.82, 2.24) is 10.2 Å². The zero-order valence-corrected chi connectivity index (χ0v) is 11.6. The molecular formula is C11H24ClN3O2. The summed E-state index contributed by atoms with van der Waals surface area (Å²) in [7, 11) is 2.05. The molecular weight excluding hydrogens is 242 g/mol. The lowest BCUT2D eigenvalue weighted by Gasteiger charge is -2.30. The first kappa shape index (κ1) is 16.6. The lowest BCUT2D eigenvalue weighted by atomic mass is 10.1. The summed E-state index contributed by atoms with van der Waals surface area (Å²) >= 11 is 0. The molecule has 1 heterocycles. The maximum atomic E-state index is 11.6. The van der Waals surface area contributed by atoms with Gasteiger partial charge in [-0.25, -0.2) is 0 Å². The third-order valence-electron chi connectivity index (χ3n) is 2.87. The van der Waals surface area contributed by atoms with Crippen molar-refractivity contribution in [2.75, 3.05) is 33.3 Å². The van der Waals surface area contributed by atoms with Crippen LogP contribution in [0.4, 0.5) is 0 Å². The van der Waals surface area contributed by atoms with Crippen LogP contribution in [0.1, 0.15) is 13.8 Å². The number of rotatable bonds is 4. The van der Waals surface area contributed by atoms with E-state index in [1.54, 1.807) is 0 Å². The van der Waals surface area contributed by atoms with E-state index in [1.165, 1.54) is 0 Å². The normalized spacial score (nSPS) is 23.0. The molecule has 1 fully saturated rings. The average Bonchev–Trinajstić information content (AvgIpc) is 2.24. The van der Waals surface area contributed by atoms with Crippen LogP contribution in [-0.2, 0) is 9.53 Å². The van der Waals surface area contributed by atoms with E-state index in [2.05, 4.69) is 17.3 Å². The number of halogens is 1. The lowest BCUT2D eigenvalue weighted by molar-refractivity contribution is -0.124. The van der Waals surface area contributed by atoms with Gasteiger partial charge in [-0.15, -0.1) is 12.4 Å².